The van der Waals surface area contributed by atoms with Crippen molar-refractivity contribution in [3.05, 3.63) is 61.5 Å². The molecule has 0 aliphatic carbocycles. The molecule has 0 aliphatic rings. The second-order valence-corrected chi connectivity index (χ2v) is 5.61. The molecule has 0 bridgehead atoms. The van der Waals surface area contributed by atoms with Crippen LogP contribution in [0.4, 0.5) is 11.4 Å². The summed E-state index contributed by atoms with van der Waals surface area (Å²) in [4.78, 5) is 50.7. The summed E-state index contributed by atoms with van der Waals surface area (Å²) in [6.07, 6.45) is 1.29. The lowest BCUT2D eigenvalue weighted by molar-refractivity contribution is -0.384. The van der Waals surface area contributed by atoms with Crippen molar-refractivity contribution in [1.82, 2.24) is 18.7 Å². The first-order valence-electron chi connectivity index (χ1n) is 7.44. The van der Waals surface area contributed by atoms with E-state index in [1.165, 1.54) is 53.8 Å². The van der Waals surface area contributed by atoms with Gasteiger partial charge in [-0.2, -0.15) is 0 Å². The van der Waals surface area contributed by atoms with E-state index in [4.69, 9.17) is 0 Å². The smallest absolute Gasteiger partial charge is 0.324 e. The Bertz CT molecular complexity index is 1160. The van der Waals surface area contributed by atoms with Gasteiger partial charge in [0.25, 0.3) is 11.2 Å². The molecule has 0 unspecified atom stereocenters. The van der Waals surface area contributed by atoms with Crippen LogP contribution in [-0.2, 0) is 25.4 Å². The molecule has 0 saturated heterocycles. The Balaban J connectivity index is 1.91. The molecule has 1 aromatic carbocycles. The molecule has 0 spiro atoms. The van der Waals surface area contributed by atoms with Crippen molar-refractivity contribution in [2.75, 3.05) is 5.32 Å². The summed E-state index contributed by atoms with van der Waals surface area (Å²) in [5.41, 5.74) is -0.698. The van der Waals surface area contributed by atoms with Crippen LogP contribution in [-0.4, -0.2) is 29.5 Å². The number of nitrogens with zero attached hydrogens (tertiary/aromatic N) is 5. The number of benzene rings is 1. The number of hydrogen-bond donors (Lipinski definition) is 1. The number of aryl methyl sites for hydroxylation is 1. The maximum absolute atomic E-state index is 12.3. The predicted octanol–water partition coefficient (Wildman–Crippen LogP) is -0.0194. The second-order valence-electron chi connectivity index (χ2n) is 5.61. The van der Waals surface area contributed by atoms with Gasteiger partial charge in [0.15, 0.2) is 11.2 Å². The van der Waals surface area contributed by atoms with E-state index < -0.39 is 22.1 Å². The number of rotatable bonds is 4. The fourth-order valence-corrected chi connectivity index (χ4v) is 2.57. The summed E-state index contributed by atoms with van der Waals surface area (Å²) >= 11 is 0. The first-order chi connectivity index (χ1) is 12.3. The van der Waals surface area contributed by atoms with Crippen molar-refractivity contribution < 1.29 is 9.72 Å². The summed E-state index contributed by atoms with van der Waals surface area (Å²) < 4.78 is 3.47. The molecule has 1 amide bonds. The molecule has 2 aromatic heterocycles. The maximum atomic E-state index is 12.3. The Morgan fingerprint density at radius 1 is 1.27 bits per heavy atom. The van der Waals surface area contributed by atoms with Crippen LogP contribution >= 0.6 is 0 Å². The number of anilines is 1. The fourth-order valence-electron chi connectivity index (χ4n) is 2.57. The average molecular weight is 358 g/mol. The number of amides is 1. The highest BCUT2D eigenvalue weighted by molar-refractivity contribution is 5.91. The number of aromatic nitrogens is 4. The fraction of sp³-hybridized carbons (Fsp3) is 0.200. The maximum Gasteiger partial charge on any atom is 0.332 e. The standard InChI is InChI=1S/C15H14N6O5/c1-18-13-12(14(23)19(2)15(18)24)20(8-16-13)7-11(22)17-9-4-3-5-10(6-9)21(25)26/h3-6,8H,7H2,1-2H3,(H,17,22). The van der Waals surface area contributed by atoms with Crippen molar-refractivity contribution >= 4 is 28.4 Å². The summed E-state index contributed by atoms with van der Waals surface area (Å²) in [6, 6.07) is 5.50. The number of non-ortho nitro benzene ring substituents is 1. The number of imidazole rings is 1. The highest BCUT2D eigenvalue weighted by atomic mass is 16.6. The van der Waals surface area contributed by atoms with Crippen LogP contribution in [0.2, 0.25) is 0 Å². The van der Waals surface area contributed by atoms with Gasteiger partial charge in [-0.05, 0) is 6.07 Å². The van der Waals surface area contributed by atoms with E-state index in [2.05, 4.69) is 10.3 Å². The molecule has 3 aromatic rings. The number of nitrogens with one attached hydrogen (secondary N) is 1. The minimum atomic E-state index is -0.566. The first-order valence-corrected chi connectivity index (χ1v) is 7.44. The second kappa shape index (κ2) is 6.27. The summed E-state index contributed by atoms with van der Waals surface area (Å²) in [5, 5.41) is 13.3. The summed E-state index contributed by atoms with van der Waals surface area (Å²) in [5.74, 6) is -0.499. The van der Waals surface area contributed by atoms with Crippen LogP contribution in [0.15, 0.2) is 40.2 Å². The van der Waals surface area contributed by atoms with Crippen LogP contribution in [0, 0.1) is 10.1 Å². The van der Waals surface area contributed by atoms with Gasteiger partial charge >= 0.3 is 5.69 Å². The molecule has 0 atom stereocenters. The summed E-state index contributed by atoms with van der Waals surface area (Å²) in [6.45, 7) is -0.243. The number of carbonyl (C=O) groups is 1. The van der Waals surface area contributed by atoms with Gasteiger partial charge in [-0.25, -0.2) is 9.78 Å². The molecule has 11 heteroatoms. The van der Waals surface area contributed by atoms with Crippen LogP contribution in [0.1, 0.15) is 0 Å². The van der Waals surface area contributed by atoms with Crippen molar-refractivity contribution in [3.63, 3.8) is 0 Å². The van der Waals surface area contributed by atoms with Crippen LogP contribution < -0.4 is 16.6 Å². The average Bonchev–Trinajstić information content (AvgIpc) is 3.01. The van der Waals surface area contributed by atoms with Gasteiger partial charge in [-0.1, -0.05) is 6.07 Å². The number of fused-ring (bicyclic) bond motifs is 1. The van der Waals surface area contributed by atoms with Gasteiger partial charge in [0.1, 0.15) is 6.54 Å². The van der Waals surface area contributed by atoms with Crippen molar-refractivity contribution in [1.29, 1.82) is 0 Å². The molecule has 134 valence electrons. The van der Waals surface area contributed by atoms with Gasteiger partial charge in [0.2, 0.25) is 5.91 Å². The third kappa shape index (κ3) is 2.85. The van der Waals surface area contributed by atoms with Crippen molar-refractivity contribution in [3.8, 4) is 0 Å². The molecule has 0 fully saturated rings. The molecular formula is C15H14N6O5. The van der Waals surface area contributed by atoms with Crippen molar-refractivity contribution in [2.45, 2.75) is 6.54 Å². The molecule has 1 N–H and O–H groups in total. The lowest BCUT2D eigenvalue weighted by Crippen LogP contribution is -2.37. The Morgan fingerprint density at radius 2 is 2.00 bits per heavy atom. The Labute approximate surface area is 145 Å². The monoisotopic (exact) mass is 358 g/mol. The minimum Gasteiger partial charge on any atom is -0.324 e. The molecule has 0 aliphatic heterocycles. The lowest BCUT2D eigenvalue weighted by atomic mass is 10.3. The lowest BCUT2D eigenvalue weighted by Gasteiger charge is -2.08. The zero-order chi connectivity index (χ0) is 19.0. The quantitative estimate of drug-likeness (QED) is 0.514. The molecule has 0 saturated carbocycles. The zero-order valence-electron chi connectivity index (χ0n) is 13.9. The first kappa shape index (κ1) is 17.1. The number of hydrogen-bond acceptors (Lipinski definition) is 6. The Kier molecular flexibility index (Phi) is 4.12. The van der Waals surface area contributed by atoms with E-state index in [0.29, 0.717) is 0 Å². The van der Waals surface area contributed by atoms with Gasteiger partial charge in [0, 0.05) is 31.9 Å². The predicted molar refractivity (Wildman–Crippen MR) is 91.9 cm³/mol. The van der Waals surface area contributed by atoms with Gasteiger partial charge in [0.05, 0.1) is 11.3 Å². The number of nitro benzene ring substituents is 1. The highest BCUT2D eigenvalue weighted by Gasteiger charge is 2.16. The highest BCUT2D eigenvalue weighted by Crippen LogP contribution is 2.17. The third-order valence-corrected chi connectivity index (χ3v) is 3.87. The Morgan fingerprint density at radius 3 is 2.69 bits per heavy atom. The number of nitro groups is 1. The SMILES string of the molecule is Cn1c(=O)c2c(ncn2CC(=O)Nc2cccc([N+](=O)[O-])c2)n(C)c1=O. The Hall–Kier alpha value is -3.76. The number of carbonyl (C=O) groups excluding carboxylic acids is 1. The van der Waals surface area contributed by atoms with Gasteiger partial charge in [-0.3, -0.25) is 28.8 Å². The third-order valence-electron chi connectivity index (χ3n) is 3.87. The van der Waals surface area contributed by atoms with Crippen LogP contribution in [0.25, 0.3) is 11.2 Å². The topological polar surface area (TPSA) is 134 Å². The van der Waals surface area contributed by atoms with E-state index in [1.54, 1.807) is 0 Å². The van der Waals surface area contributed by atoms with E-state index >= 15 is 0 Å². The normalized spacial score (nSPS) is 10.8. The summed E-state index contributed by atoms with van der Waals surface area (Å²) in [7, 11) is 2.81. The largest absolute Gasteiger partial charge is 0.332 e. The van der Waals surface area contributed by atoms with E-state index in [1.807, 2.05) is 0 Å². The van der Waals surface area contributed by atoms with Gasteiger partial charge in [-0.15, -0.1) is 0 Å². The molecule has 26 heavy (non-hydrogen) atoms. The van der Waals surface area contributed by atoms with E-state index in [9.17, 15) is 24.5 Å². The van der Waals surface area contributed by atoms with E-state index in [-0.39, 0.29) is 29.1 Å². The molecular weight excluding hydrogens is 344 g/mol. The molecule has 3 rings (SSSR count). The zero-order valence-corrected chi connectivity index (χ0v) is 13.9. The molecule has 2 heterocycles. The minimum absolute atomic E-state index is 0.115. The molecule has 11 nitrogen and oxygen atoms in total. The van der Waals surface area contributed by atoms with Crippen LogP contribution in [0.3, 0.4) is 0 Å². The van der Waals surface area contributed by atoms with Crippen molar-refractivity contribution in [2.24, 2.45) is 14.1 Å². The molecule has 0 radical (unpaired) electrons. The van der Waals surface area contributed by atoms with Gasteiger partial charge < -0.3 is 9.88 Å². The van der Waals surface area contributed by atoms with Crippen LogP contribution in [0.5, 0.6) is 0 Å². The van der Waals surface area contributed by atoms with E-state index in [0.717, 1.165) is 4.57 Å².